The molecule has 6 heteroatoms. The first-order valence-electron chi connectivity index (χ1n) is 5.36. The third kappa shape index (κ3) is 2.31. The number of hydrogen-bond donors (Lipinski definition) is 0. The normalized spacial score (nSPS) is 19.7. The Labute approximate surface area is 108 Å². The van der Waals surface area contributed by atoms with Gasteiger partial charge >= 0.3 is 0 Å². The number of nitrogens with zero attached hydrogens (tertiary/aromatic N) is 1. The van der Waals surface area contributed by atoms with E-state index in [4.69, 9.17) is 16.3 Å². The van der Waals surface area contributed by atoms with Gasteiger partial charge in [-0.2, -0.15) is 0 Å². The fourth-order valence-corrected chi connectivity index (χ4v) is 1.89. The van der Waals surface area contributed by atoms with E-state index in [0.29, 0.717) is 11.4 Å². The lowest BCUT2D eigenvalue weighted by molar-refractivity contribution is -0.125. The molecular weight excluding hydrogens is 261 g/mol. The lowest BCUT2D eigenvalue weighted by Gasteiger charge is -2.33. The summed E-state index contributed by atoms with van der Waals surface area (Å²) in [6, 6.07) is 6.63. The molecule has 1 aliphatic rings. The number of alkyl halides is 2. The average Bonchev–Trinajstić information content (AvgIpc) is 2.36. The minimum atomic E-state index is -2.14. The van der Waals surface area contributed by atoms with Crippen LogP contribution in [0.5, 0.6) is 5.75 Å². The third-order valence-corrected chi connectivity index (χ3v) is 2.87. The number of rotatable bonds is 2. The van der Waals surface area contributed by atoms with Crippen LogP contribution in [0.3, 0.4) is 0 Å². The molecule has 0 aliphatic carbocycles. The summed E-state index contributed by atoms with van der Waals surface area (Å²) in [7, 11) is 0. The van der Waals surface area contributed by atoms with Crippen molar-refractivity contribution in [1.82, 2.24) is 0 Å². The van der Waals surface area contributed by atoms with Gasteiger partial charge in [0.25, 0.3) is 11.5 Å². The summed E-state index contributed by atoms with van der Waals surface area (Å²) < 4.78 is 18.4. The quantitative estimate of drug-likeness (QED) is 0.772. The third-order valence-electron chi connectivity index (χ3n) is 2.68. The molecule has 96 valence electrons. The summed E-state index contributed by atoms with van der Waals surface area (Å²) in [6.07, 6.45) is -0.792. The van der Waals surface area contributed by atoms with Gasteiger partial charge in [0, 0.05) is 0 Å². The second kappa shape index (κ2) is 4.94. The number of halogens is 2. The van der Waals surface area contributed by atoms with Gasteiger partial charge < -0.3 is 9.64 Å². The van der Waals surface area contributed by atoms with Gasteiger partial charge in [-0.05, 0) is 19.1 Å². The van der Waals surface area contributed by atoms with Crippen LogP contribution in [0.15, 0.2) is 24.3 Å². The first kappa shape index (κ1) is 12.8. The van der Waals surface area contributed by atoms with E-state index in [2.05, 4.69) is 0 Å². The number of ketones is 1. The Morgan fingerprint density at radius 3 is 2.78 bits per heavy atom. The lowest BCUT2D eigenvalue weighted by atomic mass is 10.1. The molecule has 0 spiro atoms. The van der Waals surface area contributed by atoms with Crippen molar-refractivity contribution in [2.45, 2.75) is 18.7 Å². The maximum atomic E-state index is 13.0. The lowest BCUT2D eigenvalue weighted by Crippen LogP contribution is -2.48. The molecule has 0 saturated carbocycles. The van der Waals surface area contributed by atoms with Crippen LogP contribution < -0.4 is 9.64 Å². The topological polar surface area (TPSA) is 46.6 Å². The Bertz CT molecular complexity index is 492. The van der Waals surface area contributed by atoms with Crippen molar-refractivity contribution in [3.05, 3.63) is 24.3 Å². The highest BCUT2D eigenvalue weighted by Gasteiger charge is 2.34. The predicted octanol–water partition coefficient (Wildman–Crippen LogP) is 1.90. The maximum Gasteiger partial charge on any atom is 0.277 e. The minimum Gasteiger partial charge on any atom is -0.479 e. The van der Waals surface area contributed by atoms with Crippen molar-refractivity contribution >= 4 is 29.0 Å². The van der Waals surface area contributed by atoms with Crippen molar-refractivity contribution in [3.63, 3.8) is 0 Å². The monoisotopic (exact) mass is 271 g/mol. The molecule has 1 aromatic rings. The summed E-state index contributed by atoms with van der Waals surface area (Å²) >= 11 is 5.17. The Morgan fingerprint density at radius 1 is 1.50 bits per heavy atom. The van der Waals surface area contributed by atoms with Crippen LogP contribution in [0.25, 0.3) is 0 Å². The van der Waals surface area contributed by atoms with Gasteiger partial charge in [0.15, 0.2) is 11.9 Å². The molecule has 0 radical (unpaired) electrons. The molecule has 1 amide bonds. The van der Waals surface area contributed by atoms with Gasteiger partial charge in [-0.3, -0.25) is 9.59 Å². The number of carbonyl (C=O) groups is 2. The molecule has 1 aliphatic heterocycles. The highest BCUT2D eigenvalue weighted by atomic mass is 35.5. The fraction of sp³-hybridized carbons (Fsp3) is 0.333. The first-order chi connectivity index (χ1) is 8.50. The molecule has 0 saturated heterocycles. The standard InChI is InChI=1S/C12H11ClFNO3/c1-7(16)10-6-15(12(17)11(13)14)8-4-2-3-5-9(8)18-10/h2-5,10-11H,6H2,1H3. The highest BCUT2D eigenvalue weighted by molar-refractivity contribution is 6.31. The van der Waals surface area contributed by atoms with Gasteiger partial charge in [0.05, 0.1) is 12.2 Å². The van der Waals surface area contributed by atoms with Crippen LogP contribution in [-0.2, 0) is 9.59 Å². The van der Waals surface area contributed by atoms with Crippen LogP contribution in [0.4, 0.5) is 10.1 Å². The van der Waals surface area contributed by atoms with Gasteiger partial charge in [-0.1, -0.05) is 23.7 Å². The molecule has 0 bridgehead atoms. The van der Waals surface area contributed by atoms with E-state index >= 15 is 0 Å². The van der Waals surface area contributed by atoms with E-state index in [0.717, 1.165) is 4.90 Å². The Hall–Kier alpha value is -1.62. The maximum absolute atomic E-state index is 13.0. The smallest absolute Gasteiger partial charge is 0.277 e. The van der Waals surface area contributed by atoms with E-state index in [1.54, 1.807) is 24.3 Å². The van der Waals surface area contributed by atoms with Crippen LogP contribution in [-0.4, -0.2) is 30.0 Å². The Morgan fingerprint density at radius 2 is 2.17 bits per heavy atom. The predicted molar refractivity (Wildman–Crippen MR) is 64.6 cm³/mol. The zero-order valence-electron chi connectivity index (χ0n) is 9.60. The van der Waals surface area contributed by atoms with Crippen molar-refractivity contribution in [3.8, 4) is 5.75 Å². The summed E-state index contributed by atoms with van der Waals surface area (Å²) in [5.41, 5.74) is -1.72. The summed E-state index contributed by atoms with van der Waals surface area (Å²) in [5, 5.41) is 0. The second-order valence-electron chi connectivity index (χ2n) is 3.93. The summed E-state index contributed by atoms with van der Waals surface area (Å²) in [5.74, 6) is -0.749. The van der Waals surface area contributed by atoms with E-state index < -0.39 is 17.6 Å². The van der Waals surface area contributed by atoms with E-state index in [9.17, 15) is 14.0 Å². The van der Waals surface area contributed by atoms with Crippen molar-refractivity contribution < 1.29 is 18.7 Å². The number of carbonyl (C=O) groups excluding carboxylic acids is 2. The SMILES string of the molecule is CC(=O)C1CN(C(=O)C(F)Cl)c2ccccc2O1. The molecule has 1 aromatic carbocycles. The molecule has 2 unspecified atom stereocenters. The molecule has 0 N–H and O–H groups in total. The van der Waals surface area contributed by atoms with E-state index in [1.165, 1.54) is 6.92 Å². The molecule has 0 aromatic heterocycles. The van der Waals surface area contributed by atoms with Gasteiger partial charge in [-0.25, -0.2) is 4.39 Å². The zero-order chi connectivity index (χ0) is 13.3. The van der Waals surface area contributed by atoms with Crippen LogP contribution in [0.1, 0.15) is 6.92 Å². The molecular formula is C12H11ClFNO3. The van der Waals surface area contributed by atoms with Crippen LogP contribution >= 0.6 is 11.6 Å². The van der Waals surface area contributed by atoms with Gasteiger partial charge in [0.1, 0.15) is 5.75 Å². The van der Waals surface area contributed by atoms with Crippen LogP contribution in [0, 0.1) is 0 Å². The van der Waals surface area contributed by atoms with Crippen molar-refractivity contribution in [2.75, 3.05) is 11.4 Å². The molecule has 2 rings (SSSR count). The van der Waals surface area contributed by atoms with Crippen molar-refractivity contribution in [2.24, 2.45) is 0 Å². The Balaban J connectivity index is 2.39. The zero-order valence-corrected chi connectivity index (χ0v) is 10.4. The van der Waals surface area contributed by atoms with Gasteiger partial charge in [-0.15, -0.1) is 0 Å². The molecule has 2 atom stereocenters. The number of benzene rings is 1. The van der Waals surface area contributed by atoms with E-state index in [1.807, 2.05) is 0 Å². The number of Topliss-reactive ketones (excluding diaryl/α,β-unsaturated/α-hetero) is 1. The molecule has 0 fully saturated rings. The number of amides is 1. The Kier molecular flexibility index (Phi) is 3.52. The number of fused-ring (bicyclic) bond motifs is 1. The van der Waals surface area contributed by atoms with Crippen LogP contribution in [0.2, 0.25) is 0 Å². The largest absolute Gasteiger partial charge is 0.479 e. The molecule has 18 heavy (non-hydrogen) atoms. The highest BCUT2D eigenvalue weighted by Crippen LogP contribution is 2.34. The molecule has 1 heterocycles. The number of anilines is 1. The number of ether oxygens (including phenoxy) is 1. The average molecular weight is 272 g/mol. The van der Waals surface area contributed by atoms with E-state index in [-0.39, 0.29) is 12.3 Å². The number of hydrogen-bond acceptors (Lipinski definition) is 3. The fourth-order valence-electron chi connectivity index (χ4n) is 1.77. The number of para-hydroxylation sites is 2. The second-order valence-corrected chi connectivity index (χ2v) is 4.32. The molecule has 4 nitrogen and oxygen atoms in total. The summed E-state index contributed by atoms with van der Waals surface area (Å²) in [6.45, 7) is 1.33. The van der Waals surface area contributed by atoms with Gasteiger partial charge in [0.2, 0.25) is 0 Å². The summed E-state index contributed by atoms with van der Waals surface area (Å²) in [4.78, 5) is 24.2. The first-order valence-corrected chi connectivity index (χ1v) is 5.80. The minimum absolute atomic E-state index is 0.0294. The van der Waals surface area contributed by atoms with Crippen molar-refractivity contribution in [1.29, 1.82) is 0 Å².